The van der Waals surface area contributed by atoms with Gasteiger partial charge in [-0.1, -0.05) is 24.3 Å². The van der Waals surface area contributed by atoms with Crippen molar-refractivity contribution < 1.29 is 19.1 Å². The molecular weight excluding hydrogens is 452 g/mol. The van der Waals surface area contributed by atoms with Crippen LogP contribution in [0.3, 0.4) is 0 Å². The van der Waals surface area contributed by atoms with Gasteiger partial charge in [0.15, 0.2) is 0 Å². The monoisotopic (exact) mass is 482 g/mol. The number of nitrogens with zero attached hydrogens (tertiary/aromatic N) is 1. The zero-order valence-electron chi connectivity index (χ0n) is 19.4. The number of carbonyl (C=O) groups is 3. The molecule has 2 aliphatic rings. The molecule has 2 heterocycles. The molecule has 4 amide bonds. The minimum absolute atomic E-state index is 0.0773. The highest BCUT2D eigenvalue weighted by Gasteiger charge is 2.42. The fraction of sp³-hybridized carbons (Fsp3) is 0.400. The molecule has 0 unspecified atom stereocenters. The van der Waals surface area contributed by atoms with Gasteiger partial charge < -0.3 is 15.4 Å². The third-order valence-electron chi connectivity index (χ3n) is 6.30. The lowest BCUT2D eigenvalue weighted by atomic mass is 10.0. The summed E-state index contributed by atoms with van der Waals surface area (Å²) >= 11 is 1.38. The van der Waals surface area contributed by atoms with Gasteiger partial charge in [0, 0.05) is 17.2 Å². The molecule has 2 saturated heterocycles. The van der Waals surface area contributed by atoms with Crippen molar-refractivity contribution in [2.75, 3.05) is 32.5 Å². The molecule has 2 atom stereocenters. The number of hydrogen-bond acceptors (Lipinski definition) is 6. The highest BCUT2D eigenvalue weighted by Crippen LogP contribution is 2.29. The van der Waals surface area contributed by atoms with Crippen molar-refractivity contribution in [1.82, 2.24) is 20.9 Å². The van der Waals surface area contributed by atoms with Gasteiger partial charge in [0.1, 0.15) is 11.3 Å². The number of ether oxygens (including phenoxy) is 1. The Labute approximate surface area is 203 Å². The van der Waals surface area contributed by atoms with Crippen molar-refractivity contribution in [2.45, 2.75) is 36.2 Å². The lowest BCUT2D eigenvalue weighted by Gasteiger charge is -2.28. The average molecular weight is 483 g/mol. The summed E-state index contributed by atoms with van der Waals surface area (Å²) in [4.78, 5) is 40.0. The Hall–Kier alpha value is -3.04. The van der Waals surface area contributed by atoms with Crippen LogP contribution >= 0.6 is 11.8 Å². The molecule has 0 aromatic heterocycles. The fourth-order valence-electron chi connectivity index (χ4n) is 4.31. The van der Waals surface area contributed by atoms with Crippen LogP contribution < -0.4 is 20.7 Å². The van der Waals surface area contributed by atoms with E-state index < -0.39 is 11.6 Å². The quantitative estimate of drug-likeness (QED) is 0.375. The first-order valence-corrected chi connectivity index (χ1v) is 12.4. The van der Waals surface area contributed by atoms with E-state index in [2.05, 4.69) is 33.0 Å². The Bertz CT molecular complexity index is 1060. The van der Waals surface area contributed by atoms with Crippen LogP contribution in [0.4, 0.5) is 4.79 Å². The van der Waals surface area contributed by atoms with E-state index in [1.54, 1.807) is 20.1 Å². The SMILES string of the molecule is COc1ccc([C@H](CNC(=O)c2ccccc2SC[C@]2(C)NC(=O)NC2=O)N2CCCC2)cc1. The number of urea groups is 1. The minimum atomic E-state index is -1.01. The molecule has 9 heteroatoms. The van der Waals surface area contributed by atoms with Gasteiger partial charge in [0.2, 0.25) is 0 Å². The van der Waals surface area contributed by atoms with Crippen LogP contribution in [0.2, 0.25) is 0 Å². The van der Waals surface area contributed by atoms with E-state index in [-0.39, 0.29) is 17.9 Å². The Morgan fingerprint density at radius 1 is 1.15 bits per heavy atom. The van der Waals surface area contributed by atoms with E-state index in [4.69, 9.17) is 4.74 Å². The zero-order valence-corrected chi connectivity index (χ0v) is 20.2. The molecule has 2 fully saturated rings. The van der Waals surface area contributed by atoms with Crippen molar-refractivity contribution >= 4 is 29.6 Å². The van der Waals surface area contributed by atoms with Gasteiger partial charge in [-0.3, -0.25) is 19.8 Å². The fourth-order valence-corrected chi connectivity index (χ4v) is 5.44. The Morgan fingerprint density at radius 3 is 2.50 bits per heavy atom. The van der Waals surface area contributed by atoms with Crippen molar-refractivity contribution in [3.8, 4) is 5.75 Å². The molecule has 2 aliphatic heterocycles. The van der Waals surface area contributed by atoms with Crippen LogP contribution in [0.25, 0.3) is 0 Å². The molecule has 3 N–H and O–H groups in total. The predicted molar refractivity (Wildman–Crippen MR) is 131 cm³/mol. The molecule has 0 spiro atoms. The molecule has 2 aromatic carbocycles. The van der Waals surface area contributed by atoms with Crippen LogP contribution in [-0.4, -0.2) is 60.8 Å². The van der Waals surface area contributed by atoms with Gasteiger partial charge in [-0.2, -0.15) is 0 Å². The van der Waals surface area contributed by atoms with E-state index in [0.717, 1.165) is 42.1 Å². The smallest absolute Gasteiger partial charge is 0.322 e. The third kappa shape index (κ3) is 5.37. The molecule has 0 radical (unpaired) electrons. The van der Waals surface area contributed by atoms with E-state index in [1.165, 1.54) is 11.8 Å². The minimum Gasteiger partial charge on any atom is -0.497 e. The second kappa shape index (κ2) is 10.5. The van der Waals surface area contributed by atoms with Gasteiger partial charge >= 0.3 is 6.03 Å². The highest BCUT2D eigenvalue weighted by atomic mass is 32.2. The first-order chi connectivity index (χ1) is 16.4. The highest BCUT2D eigenvalue weighted by molar-refractivity contribution is 7.99. The summed E-state index contributed by atoms with van der Waals surface area (Å²) in [6, 6.07) is 14.9. The number of rotatable bonds is 9. The summed E-state index contributed by atoms with van der Waals surface area (Å²) in [7, 11) is 1.65. The Balaban J connectivity index is 1.45. The van der Waals surface area contributed by atoms with Crippen molar-refractivity contribution in [3.05, 3.63) is 59.7 Å². The summed E-state index contributed by atoms with van der Waals surface area (Å²) in [5, 5.41) is 8.05. The number of hydrogen-bond donors (Lipinski definition) is 3. The number of carbonyl (C=O) groups excluding carboxylic acids is 3. The molecule has 0 saturated carbocycles. The predicted octanol–water partition coefficient (Wildman–Crippen LogP) is 2.95. The number of amides is 4. The maximum atomic E-state index is 13.2. The maximum Gasteiger partial charge on any atom is 0.322 e. The van der Waals surface area contributed by atoms with Gasteiger partial charge in [-0.25, -0.2) is 4.79 Å². The number of imide groups is 1. The second-order valence-corrected chi connectivity index (χ2v) is 9.78. The van der Waals surface area contributed by atoms with Crippen molar-refractivity contribution in [2.24, 2.45) is 0 Å². The molecular formula is C25H30N4O4S. The van der Waals surface area contributed by atoms with E-state index in [0.29, 0.717) is 17.9 Å². The largest absolute Gasteiger partial charge is 0.497 e. The second-order valence-electron chi connectivity index (χ2n) is 8.77. The first kappa shape index (κ1) is 24.1. The van der Waals surface area contributed by atoms with Gasteiger partial charge in [-0.05, 0) is 62.7 Å². The van der Waals surface area contributed by atoms with Crippen LogP contribution in [0.15, 0.2) is 53.4 Å². The summed E-state index contributed by atoms with van der Waals surface area (Å²) in [6.07, 6.45) is 2.31. The van der Waals surface area contributed by atoms with Crippen LogP contribution in [0.1, 0.15) is 41.7 Å². The zero-order chi connectivity index (χ0) is 24.1. The number of thioether (sulfide) groups is 1. The topological polar surface area (TPSA) is 99.8 Å². The van der Waals surface area contributed by atoms with Crippen molar-refractivity contribution in [1.29, 1.82) is 0 Å². The molecule has 180 valence electrons. The number of likely N-dealkylation sites (tertiary alicyclic amines) is 1. The lowest BCUT2D eigenvalue weighted by molar-refractivity contribution is -0.122. The third-order valence-corrected chi connectivity index (χ3v) is 7.69. The van der Waals surface area contributed by atoms with Crippen molar-refractivity contribution in [3.63, 3.8) is 0 Å². The standard InChI is InChI=1S/C25H30N4O4S/c1-25(23(31)27-24(32)28-25)16-34-21-8-4-3-7-19(21)22(30)26-15-20(29-13-5-6-14-29)17-9-11-18(33-2)12-10-17/h3-4,7-12,20H,5-6,13-16H2,1-2H3,(H,26,30)(H2,27,28,31,32)/t20-,25-/m0/s1. The molecule has 0 bridgehead atoms. The first-order valence-electron chi connectivity index (χ1n) is 11.4. The maximum absolute atomic E-state index is 13.2. The average Bonchev–Trinajstić information content (AvgIpc) is 3.46. The Morgan fingerprint density at radius 2 is 1.85 bits per heavy atom. The lowest BCUT2D eigenvalue weighted by Crippen LogP contribution is -2.46. The van der Waals surface area contributed by atoms with Gasteiger partial charge in [-0.15, -0.1) is 11.8 Å². The summed E-state index contributed by atoms with van der Waals surface area (Å²) in [5.41, 5.74) is 0.679. The van der Waals surface area contributed by atoms with Crippen LogP contribution in [0.5, 0.6) is 5.75 Å². The number of benzene rings is 2. The number of methoxy groups -OCH3 is 1. The normalized spacial score (nSPS) is 21.1. The Kier molecular flexibility index (Phi) is 7.43. The summed E-state index contributed by atoms with van der Waals surface area (Å²) < 4.78 is 5.29. The van der Waals surface area contributed by atoms with E-state index in [9.17, 15) is 14.4 Å². The van der Waals surface area contributed by atoms with Crippen LogP contribution in [0, 0.1) is 0 Å². The van der Waals surface area contributed by atoms with Gasteiger partial charge in [0.25, 0.3) is 11.8 Å². The number of nitrogens with one attached hydrogen (secondary N) is 3. The molecule has 0 aliphatic carbocycles. The van der Waals surface area contributed by atoms with Gasteiger partial charge in [0.05, 0.1) is 18.7 Å². The van der Waals surface area contributed by atoms with Crippen LogP contribution in [-0.2, 0) is 4.79 Å². The summed E-state index contributed by atoms with van der Waals surface area (Å²) in [6.45, 7) is 4.18. The van der Waals surface area contributed by atoms with E-state index >= 15 is 0 Å². The molecule has 8 nitrogen and oxygen atoms in total. The molecule has 34 heavy (non-hydrogen) atoms. The molecule has 2 aromatic rings. The van der Waals surface area contributed by atoms with E-state index in [1.807, 2.05) is 30.3 Å². The molecule has 4 rings (SSSR count). The summed E-state index contributed by atoms with van der Waals surface area (Å²) in [5.74, 6) is 0.599.